The summed E-state index contributed by atoms with van der Waals surface area (Å²) in [6.45, 7) is 10.1. The maximum Gasteiger partial charge on any atom is 0.169 e. The van der Waals surface area contributed by atoms with Gasteiger partial charge in [0.1, 0.15) is 11.6 Å². The van der Waals surface area contributed by atoms with Gasteiger partial charge in [0.05, 0.1) is 5.69 Å². The second kappa shape index (κ2) is 4.77. The summed E-state index contributed by atoms with van der Waals surface area (Å²) in [4.78, 5) is 2.19. The number of anilines is 1. The normalized spacial score (nSPS) is 18.5. The van der Waals surface area contributed by atoms with E-state index in [0.717, 1.165) is 35.9 Å². The zero-order valence-corrected chi connectivity index (χ0v) is 12.1. The Labute approximate surface area is 112 Å². The highest BCUT2D eigenvalue weighted by molar-refractivity contribution is 8.00. The summed E-state index contributed by atoms with van der Waals surface area (Å²) < 4.78 is 0.200. The second-order valence-electron chi connectivity index (χ2n) is 5.25. The molecule has 0 aromatic carbocycles. The smallest absolute Gasteiger partial charge is 0.169 e. The van der Waals surface area contributed by atoms with Gasteiger partial charge in [0.25, 0.3) is 0 Å². The molecule has 0 N–H and O–H groups in total. The van der Waals surface area contributed by atoms with Crippen molar-refractivity contribution in [2.75, 3.05) is 23.7 Å². The molecular formula is C13H18N4S. The van der Waals surface area contributed by atoms with Gasteiger partial charge in [0, 0.05) is 23.6 Å². The van der Waals surface area contributed by atoms with Crippen LogP contribution in [0, 0.1) is 25.2 Å². The average Bonchev–Trinajstić information content (AvgIpc) is 2.31. The maximum atomic E-state index is 9.33. The summed E-state index contributed by atoms with van der Waals surface area (Å²) in [6.07, 6.45) is 0. The highest BCUT2D eigenvalue weighted by atomic mass is 32.2. The van der Waals surface area contributed by atoms with Crippen LogP contribution in [0.1, 0.15) is 30.7 Å². The number of nitrogens with zero attached hydrogens (tertiary/aromatic N) is 4. The zero-order valence-electron chi connectivity index (χ0n) is 11.3. The standard InChI is InChI=1S/C13H18N4S/c1-9-10(2)15-16-12(11(9)7-14)17-5-6-18-13(3,4)8-17/h5-6,8H2,1-4H3. The molecule has 0 unspecified atom stereocenters. The van der Waals surface area contributed by atoms with Crippen molar-refractivity contribution in [3.63, 3.8) is 0 Å². The highest BCUT2D eigenvalue weighted by Gasteiger charge is 2.29. The van der Waals surface area contributed by atoms with Gasteiger partial charge < -0.3 is 4.90 Å². The molecule has 0 amide bonds. The van der Waals surface area contributed by atoms with E-state index in [1.54, 1.807) is 0 Å². The molecular weight excluding hydrogens is 244 g/mol. The average molecular weight is 262 g/mol. The van der Waals surface area contributed by atoms with Crippen molar-refractivity contribution >= 4 is 17.6 Å². The SMILES string of the molecule is Cc1nnc(N2CCSC(C)(C)C2)c(C#N)c1C. The molecule has 0 spiro atoms. The predicted octanol–water partition coefficient (Wildman–Crippen LogP) is 2.30. The third-order valence-corrected chi connectivity index (χ3v) is 4.57. The molecule has 0 radical (unpaired) electrons. The summed E-state index contributed by atoms with van der Waals surface area (Å²) >= 11 is 1.97. The van der Waals surface area contributed by atoms with Crippen LogP contribution in [0.2, 0.25) is 0 Å². The third kappa shape index (κ3) is 2.44. The molecule has 96 valence electrons. The van der Waals surface area contributed by atoms with Gasteiger partial charge in [0.2, 0.25) is 0 Å². The van der Waals surface area contributed by atoms with Crippen molar-refractivity contribution in [1.29, 1.82) is 5.26 Å². The minimum atomic E-state index is 0.200. The number of nitriles is 1. The molecule has 2 rings (SSSR count). The van der Waals surface area contributed by atoms with Gasteiger partial charge in [-0.15, -0.1) is 5.10 Å². The Morgan fingerprint density at radius 1 is 1.33 bits per heavy atom. The van der Waals surface area contributed by atoms with Crippen molar-refractivity contribution < 1.29 is 0 Å². The van der Waals surface area contributed by atoms with E-state index in [1.807, 2.05) is 25.6 Å². The van der Waals surface area contributed by atoms with E-state index >= 15 is 0 Å². The van der Waals surface area contributed by atoms with Crippen LogP contribution in [0.4, 0.5) is 5.82 Å². The van der Waals surface area contributed by atoms with Gasteiger partial charge in [-0.1, -0.05) is 0 Å². The largest absolute Gasteiger partial charge is 0.352 e. The molecule has 0 saturated carbocycles. The van der Waals surface area contributed by atoms with Gasteiger partial charge in [-0.25, -0.2) is 0 Å². The van der Waals surface area contributed by atoms with Gasteiger partial charge in [-0.05, 0) is 33.3 Å². The monoisotopic (exact) mass is 262 g/mol. The Morgan fingerprint density at radius 2 is 2.06 bits per heavy atom. The molecule has 1 aliphatic heterocycles. The Balaban J connectivity index is 2.40. The molecule has 1 saturated heterocycles. The number of aryl methyl sites for hydroxylation is 1. The maximum absolute atomic E-state index is 9.33. The van der Waals surface area contributed by atoms with Crippen LogP contribution in [0.5, 0.6) is 0 Å². The molecule has 1 aliphatic rings. The second-order valence-corrected chi connectivity index (χ2v) is 7.05. The quantitative estimate of drug-likeness (QED) is 0.777. The van der Waals surface area contributed by atoms with Crippen molar-refractivity contribution in [2.24, 2.45) is 0 Å². The van der Waals surface area contributed by atoms with Crippen LogP contribution >= 0.6 is 11.8 Å². The predicted molar refractivity (Wildman–Crippen MR) is 75.0 cm³/mol. The first-order valence-electron chi connectivity index (χ1n) is 6.07. The lowest BCUT2D eigenvalue weighted by Crippen LogP contribution is -2.44. The van der Waals surface area contributed by atoms with E-state index in [1.165, 1.54) is 0 Å². The molecule has 2 heterocycles. The van der Waals surface area contributed by atoms with Crippen LogP contribution in [0.15, 0.2) is 0 Å². The van der Waals surface area contributed by atoms with Crippen LogP contribution < -0.4 is 4.90 Å². The van der Waals surface area contributed by atoms with E-state index in [2.05, 4.69) is 35.0 Å². The molecule has 4 nitrogen and oxygen atoms in total. The molecule has 1 aromatic rings. The first-order valence-corrected chi connectivity index (χ1v) is 7.06. The van der Waals surface area contributed by atoms with Crippen LogP contribution in [0.25, 0.3) is 0 Å². The Kier molecular flexibility index (Phi) is 3.49. The molecule has 0 atom stereocenters. The number of aromatic nitrogens is 2. The molecule has 0 aliphatic carbocycles. The van der Waals surface area contributed by atoms with Crippen LogP contribution in [0.3, 0.4) is 0 Å². The third-order valence-electron chi connectivity index (χ3n) is 3.27. The fourth-order valence-electron chi connectivity index (χ4n) is 2.15. The van der Waals surface area contributed by atoms with E-state index in [9.17, 15) is 5.26 Å². The number of hydrogen-bond acceptors (Lipinski definition) is 5. The van der Waals surface area contributed by atoms with Crippen molar-refractivity contribution in [3.8, 4) is 6.07 Å². The topological polar surface area (TPSA) is 52.8 Å². The first kappa shape index (κ1) is 13.2. The van der Waals surface area contributed by atoms with Crippen LogP contribution in [-0.4, -0.2) is 33.8 Å². The summed E-state index contributed by atoms with van der Waals surface area (Å²) in [7, 11) is 0. The minimum Gasteiger partial charge on any atom is -0.352 e. The van der Waals surface area contributed by atoms with Gasteiger partial charge in [-0.2, -0.15) is 22.1 Å². The Morgan fingerprint density at radius 3 is 2.67 bits per heavy atom. The van der Waals surface area contributed by atoms with Gasteiger partial charge >= 0.3 is 0 Å². The molecule has 18 heavy (non-hydrogen) atoms. The summed E-state index contributed by atoms with van der Waals surface area (Å²) in [5, 5.41) is 17.7. The zero-order chi connectivity index (χ0) is 13.3. The summed E-state index contributed by atoms with van der Waals surface area (Å²) in [5.41, 5.74) is 2.45. The molecule has 0 bridgehead atoms. The van der Waals surface area contributed by atoms with Crippen LogP contribution in [-0.2, 0) is 0 Å². The van der Waals surface area contributed by atoms with E-state index < -0.39 is 0 Å². The molecule has 1 fully saturated rings. The fourth-order valence-corrected chi connectivity index (χ4v) is 3.26. The van der Waals surface area contributed by atoms with E-state index in [-0.39, 0.29) is 4.75 Å². The first-order chi connectivity index (χ1) is 8.44. The number of thioether (sulfide) groups is 1. The number of rotatable bonds is 1. The lowest BCUT2D eigenvalue weighted by molar-refractivity contribution is 0.637. The summed E-state index contributed by atoms with van der Waals surface area (Å²) in [5.74, 6) is 1.81. The van der Waals surface area contributed by atoms with Crippen molar-refractivity contribution in [2.45, 2.75) is 32.4 Å². The summed E-state index contributed by atoms with van der Waals surface area (Å²) in [6, 6.07) is 2.28. The molecule has 1 aromatic heterocycles. The fraction of sp³-hybridized carbons (Fsp3) is 0.615. The lowest BCUT2D eigenvalue weighted by Gasteiger charge is -2.38. The van der Waals surface area contributed by atoms with E-state index in [0.29, 0.717) is 5.56 Å². The Bertz CT molecular complexity index is 504. The van der Waals surface area contributed by atoms with E-state index in [4.69, 9.17) is 0 Å². The van der Waals surface area contributed by atoms with Gasteiger partial charge in [0.15, 0.2) is 5.82 Å². The molecule has 5 heteroatoms. The van der Waals surface area contributed by atoms with Gasteiger partial charge in [-0.3, -0.25) is 0 Å². The highest BCUT2D eigenvalue weighted by Crippen LogP contribution is 2.33. The van der Waals surface area contributed by atoms with Crippen molar-refractivity contribution in [1.82, 2.24) is 10.2 Å². The minimum absolute atomic E-state index is 0.200. The number of hydrogen-bond donors (Lipinski definition) is 0. The Hall–Kier alpha value is -1.28. The van der Waals surface area contributed by atoms with Crippen molar-refractivity contribution in [3.05, 3.63) is 16.8 Å². The lowest BCUT2D eigenvalue weighted by atomic mass is 10.1.